The Kier molecular flexibility index (Phi) is 6.37. The van der Waals surface area contributed by atoms with E-state index in [1.807, 2.05) is 30.3 Å². The Hall–Kier alpha value is -3.39. The number of pyridine rings is 1. The van der Waals surface area contributed by atoms with Crippen LogP contribution in [-0.2, 0) is 11.3 Å². The second-order valence-corrected chi connectivity index (χ2v) is 5.58. The molecular weight excluding hydrogens is 346 g/mol. The van der Waals surface area contributed by atoms with E-state index in [1.54, 1.807) is 42.5 Å². The van der Waals surface area contributed by atoms with Crippen molar-refractivity contribution in [1.29, 1.82) is 0 Å². The Balaban J connectivity index is 1.62. The average molecular weight is 367 g/mol. The molecule has 27 heavy (non-hydrogen) atoms. The van der Waals surface area contributed by atoms with Crippen molar-refractivity contribution < 1.29 is 14.3 Å². The minimum Gasteiger partial charge on any atom is -0.489 e. The first-order chi connectivity index (χ1) is 13.3. The molecule has 2 heterocycles. The number of carbonyl (C=O) groups excluding carboxylic acids is 1. The van der Waals surface area contributed by atoms with Gasteiger partial charge in [-0.3, -0.25) is 0 Å². The van der Waals surface area contributed by atoms with E-state index in [-0.39, 0.29) is 6.03 Å². The van der Waals surface area contributed by atoms with Gasteiger partial charge in [-0.15, -0.1) is 0 Å². The lowest BCUT2D eigenvalue weighted by Gasteiger charge is -2.13. The molecule has 0 bridgehead atoms. The van der Waals surface area contributed by atoms with Crippen LogP contribution >= 0.6 is 0 Å². The van der Waals surface area contributed by atoms with Crippen LogP contribution < -0.4 is 15.4 Å². The summed E-state index contributed by atoms with van der Waals surface area (Å²) in [6.45, 7) is 1.18. The first-order valence-electron chi connectivity index (χ1n) is 8.47. The van der Waals surface area contributed by atoms with Gasteiger partial charge in [0.1, 0.15) is 12.4 Å². The van der Waals surface area contributed by atoms with Crippen molar-refractivity contribution >= 4 is 11.7 Å². The number of urea groups is 1. The maximum absolute atomic E-state index is 12.3. The summed E-state index contributed by atoms with van der Waals surface area (Å²) >= 11 is 0. The molecule has 140 valence electrons. The van der Waals surface area contributed by atoms with Crippen molar-refractivity contribution in [3.05, 3.63) is 66.6 Å². The second kappa shape index (κ2) is 9.35. The number of hydrogen-bond acceptors (Lipinski definition) is 5. The molecule has 2 N–H and O–H groups in total. The lowest BCUT2D eigenvalue weighted by atomic mass is 10.2. The SMILES string of the molecule is COCCOc1ccccc1NC(=O)NCc1cccnc1-n1cccn1. The highest BCUT2D eigenvalue weighted by Crippen LogP contribution is 2.23. The minimum atomic E-state index is -0.340. The predicted molar refractivity (Wildman–Crippen MR) is 101 cm³/mol. The number of methoxy groups -OCH3 is 1. The molecule has 0 spiro atoms. The highest BCUT2D eigenvalue weighted by molar-refractivity contribution is 5.90. The van der Waals surface area contributed by atoms with Gasteiger partial charge in [-0.2, -0.15) is 5.10 Å². The fourth-order valence-corrected chi connectivity index (χ4v) is 2.44. The quantitative estimate of drug-likeness (QED) is 0.597. The predicted octanol–water partition coefficient (Wildman–Crippen LogP) is 2.61. The number of rotatable bonds is 8. The first kappa shape index (κ1) is 18.4. The van der Waals surface area contributed by atoms with Crippen LogP contribution in [0.1, 0.15) is 5.56 Å². The molecule has 1 aromatic carbocycles. The van der Waals surface area contributed by atoms with Crippen LogP contribution in [0.5, 0.6) is 5.75 Å². The van der Waals surface area contributed by atoms with E-state index in [0.29, 0.717) is 37.0 Å². The van der Waals surface area contributed by atoms with Crippen LogP contribution in [-0.4, -0.2) is 41.1 Å². The molecule has 0 aliphatic rings. The first-order valence-corrected chi connectivity index (χ1v) is 8.47. The number of amides is 2. The number of carbonyl (C=O) groups is 1. The number of hydrogen-bond donors (Lipinski definition) is 2. The molecule has 3 aromatic rings. The van der Waals surface area contributed by atoms with Crippen LogP contribution in [0.15, 0.2) is 61.1 Å². The standard InChI is InChI=1S/C19H21N5O3/c1-26-12-13-27-17-8-3-2-7-16(17)23-19(25)21-14-15-6-4-9-20-18(15)24-11-5-10-22-24/h2-11H,12-14H2,1H3,(H2,21,23,25). The number of nitrogens with one attached hydrogen (secondary N) is 2. The van der Waals surface area contributed by atoms with E-state index in [1.165, 1.54) is 0 Å². The Bertz CT molecular complexity index is 867. The van der Waals surface area contributed by atoms with Gasteiger partial charge < -0.3 is 20.1 Å². The van der Waals surface area contributed by atoms with Gasteiger partial charge in [0.15, 0.2) is 5.82 Å². The molecule has 0 saturated heterocycles. The molecule has 0 fully saturated rings. The lowest BCUT2D eigenvalue weighted by molar-refractivity contribution is 0.146. The summed E-state index contributed by atoms with van der Waals surface area (Å²) in [5.74, 6) is 1.26. The summed E-state index contributed by atoms with van der Waals surface area (Å²) in [7, 11) is 1.61. The van der Waals surface area contributed by atoms with E-state index in [9.17, 15) is 4.79 Å². The van der Waals surface area contributed by atoms with E-state index >= 15 is 0 Å². The van der Waals surface area contributed by atoms with Gasteiger partial charge >= 0.3 is 6.03 Å². The molecule has 0 radical (unpaired) electrons. The van der Waals surface area contributed by atoms with Gasteiger partial charge in [0.05, 0.1) is 12.3 Å². The summed E-state index contributed by atoms with van der Waals surface area (Å²) in [5, 5.41) is 9.82. The number of anilines is 1. The van der Waals surface area contributed by atoms with Crippen LogP contribution in [0, 0.1) is 0 Å². The van der Waals surface area contributed by atoms with Gasteiger partial charge in [-0.05, 0) is 24.3 Å². The molecule has 0 aliphatic carbocycles. The van der Waals surface area contributed by atoms with Crippen LogP contribution in [0.3, 0.4) is 0 Å². The summed E-state index contributed by atoms with van der Waals surface area (Å²) in [5.41, 5.74) is 1.44. The monoisotopic (exact) mass is 367 g/mol. The fraction of sp³-hybridized carbons (Fsp3) is 0.211. The van der Waals surface area contributed by atoms with E-state index in [4.69, 9.17) is 9.47 Å². The number of aromatic nitrogens is 3. The number of ether oxygens (including phenoxy) is 2. The highest BCUT2D eigenvalue weighted by Gasteiger charge is 2.10. The summed E-state index contributed by atoms with van der Waals surface area (Å²) in [6, 6.07) is 12.4. The van der Waals surface area contributed by atoms with Crippen LogP contribution in [0.2, 0.25) is 0 Å². The molecule has 0 atom stereocenters. The van der Waals surface area contributed by atoms with Gasteiger partial charge in [0.25, 0.3) is 0 Å². The topological polar surface area (TPSA) is 90.3 Å². The number of nitrogens with zero attached hydrogens (tertiary/aromatic N) is 3. The molecule has 0 unspecified atom stereocenters. The summed E-state index contributed by atoms with van der Waals surface area (Å²) in [4.78, 5) is 16.7. The third kappa shape index (κ3) is 5.05. The Morgan fingerprint density at radius 3 is 2.81 bits per heavy atom. The van der Waals surface area contributed by atoms with E-state index in [0.717, 1.165) is 5.56 Å². The molecule has 0 saturated carbocycles. The van der Waals surface area contributed by atoms with Gasteiger partial charge in [0.2, 0.25) is 0 Å². The summed E-state index contributed by atoms with van der Waals surface area (Å²) in [6.07, 6.45) is 5.17. The molecule has 3 rings (SSSR count). The van der Waals surface area contributed by atoms with Crippen LogP contribution in [0.25, 0.3) is 5.82 Å². The van der Waals surface area contributed by atoms with Crippen molar-refractivity contribution in [2.75, 3.05) is 25.6 Å². The van der Waals surface area contributed by atoms with Crippen molar-refractivity contribution in [1.82, 2.24) is 20.1 Å². The molecule has 8 heteroatoms. The van der Waals surface area contributed by atoms with Crippen LogP contribution in [0.4, 0.5) is 10.5 Å². The Morgan fingerprint density at radius 1 is 1.11 bits per heavy atom. The maximum Gasteiger partial charge on any atom is 0.319 e. The number of para-hydroxylation sites is 2. The van der Waals surface area contributed by atoms with Gasteiger partial charge in [-0.25, -0.2) is 14.5 Å². The largest absolute Gasteiger partial charge is 0.489 e. The third-order valence-corrected chi connectivity index (χ3v) is 3.71. The van der Waals surface area contributed by atoms with E-state index < -0.39 is 0 Å². The Labute approximate surface area is 157 Å². The van der Waals surface area contributed by atoms with Crippen molar-refractivity contribution in [2.24, 2.45) is 0 Å². The van der Waals surface area contributed by atoms with Gasteiger partial charge in [0, 0.05) is 37.8 Å². The van der Waals surface area contributed by atoms with Crippen molar-refractivity contribution in [2.45, 2.75) is 6.54 Å². The van der Waals surface area contributed by atoms with E-state index in [2.05, 4.69) is 20.7 Å². The fourth-order valence-electron chi connectivity index (χ4n) is 2.44. The van der Waals surface area contributed by atoms with Crippen molar-refractivity contribution in [3.63, 3.8) is 0 Å². The zero-order valence-electron chi connectivity index (χ0n) is 15.0. The average Bonchev–Trinajstić information content (AvgIpc) is 3.23. The van der Waals surface area contributed by atoms with Crippen molar-refractivity contribution in [3.8, 4) is 11.6 Å². The Morgan fingerprint density at radius 2 is 2.00 bits per heavy atom. The highest BCUT2D eigenvalue weighted by atomic mass is 16.5. The maximum atomic E-state index is 12.3. The zero-order valence-corrected chi connectivity index (χ0v) is 15.0. The molecular formula is C19H21N5O3. The lowest BCUT2D eigenvalue weighted by Crippen LogP contribution is -2.29. The van der Waals surface area contributed by atoms with Gasteiger partial charge in [-0.1, -0.05) is 18.2 Å². The molecule has 2 aromatic heterocycles. The molecule has 0 aliphatic heterocycles. The molecule has 2 amide bonds. The zero-order chi connectivity index (χ0) is 18.9. The second-order valence-electron chi connectivity index (χ2n) is 5.58. The minimum absolute atomic E-state index is 0.307. The third-order valence-electron chi connectivity index (χ3n) is 3.71. The smallest absolute Gasteiger partial charge is 0.319 e. The summed E-state index contributed by atoms with van der Waals surface area (Å²) < 4.78 is 12.3. The number of benzene rings is 1. The molecule has 8 nitrogen and oxygen atoms in total. The normalized spacial score (nSPS) is 10.4.